The van der Waals surface area contributed by atoms with Gasteiger partial charge in [0.15, 0.2) is 0 Å². The van der Waals surface area contributed by atoms with Gasteiger partial charge >= 0.3 is 0 Å². The van der Waals surface area contributed by atoms with E-state index >= 15 is 0 Å². The number of para-hydroxylation sites is 1. The number of fused-ring (bicyclic) bond motifs is 1. The fourth-order valence-corrected chi connectivity index (χ4v) is 1.64. The molecule has 1 heterocycles. The molecule has 0 atom stereocenters. The van der Waals surface area contributed by atoms with Gasteiger partial charge in [0.2, 0.25) is 0 Å². The van der Waals surface area contributed by atoms with Crippen molar-refractivity contribution in [3.8, 4) is 0 Å². The van der Waals surface area contributed by atoms with E-state index in [-0.39, 0.29) is 0 Å². The molecule has 0 unspecified atom stereocenters. The number of benzene rings is 1. The minimum atomic E-state index is 0.805. The monoisotopic (exact) mass is 235 g/mol. The van der Waals surface area contributed by atoms with Gasteiger partial charge in [0.1, 0.15) is 0 Å². The summed E-state index contributed by atoms with van der Waals surface area (Å²) in [6.45, 7) is 3.96. The van der Waals surface area contributed by atoms with E-state index in [1.807, 2.05) is 12.1 Å². The van der Waals surface area contributed by atoms with Gasteiger partial charge in [-0.25, -0.2) is 0 Å². The first kappa shape index (κ1) is 8.57. The van der Waals surface area contributed by atoms with Crippen molar-refractivity contribution in [3.05, 3.63) is 42.6 Å². The van der Waals surface area contributed by atoms with Crippen molar-refractivity contribution in [2.75, 3.05) is 5.33 Å². The molecule has 0 aliphatic carbocycles. The Bertz CT molecular complexity index is 409. The highest BCUT2D eigenvalue weighted by Gasteiger charge is 2.01. The van der Waals surface area contributed by atoms with Gasteiger partial charge in [-0.2, -0.15) is 0 Å². The highest BCUT2D eigenvalue weighted by Crippen LogP contribution is 2.20. The topological polar surface area (TPSA) is 15.8 Å². The highest BCUT2D eigenvalue weighted by molar-refractivity contribution is 9.09. The first-order valence-electron chi connectivity index (χ1n) is 4.13. The molecule has 1 aromatic heterocycles. The fourth-order valence-electron chi connectivity index (χ4n) is 1.34. The van der Waals surface area contributed by atoms with Crippen LogP contribution in [-0.2, 0) is 0 Å². The maximum atomic E-state index is 3.96. The average Bonchev–Trinajstić information content (AvgIpc) is 2.59. The Labute approximate surface area is 85.6 Å². The first-order chi connectivity index (χ1) is 6.31. The predicted molar refractivity (Wildman–Crippen MR) is 61.1 cm³/mol. The Morgan fingerprint density at radius 2 is 2.15 bits per heavy atom. The Morgan fingerprint density at radius 1 is 1.38 bits per heavy atom. The van der Waals surface area contributed by atoms with Crippen LogP contribution in [0.1, 0.15) is 5.69 Å². The number of aromatic nitrogens is 1. The zero-order valence-corrected chi connectivity index (χ0v) is 8.76. The summed E-state index contributed by atoms with van der Waals surface area (Å²) in [5.74, 6) is 0. The number of rotatable bonds is 2. The quantitative estimate of drug-likeness (QED) is 0.767. The summed E-state index contributed by atoms with van der Waals surface area (Å²) in [6.07, 6.45) is 0. The summed E-state index contributed by atoms with van der Waals surface area (Å²) >= 11 is 3.39. The maximum absolute atomic E-state index is 3.96. The number of halogens is 1. The van der Waals surface area contributed by atoms with Gasteiger partial charge in [-0.15, -0.1) is 0 Å². The number of allylic oxidation sites excluding steroid dienone is 1. The maximum Gasteiger partial charge on any atom is 0.0458 e. The number of hydrogen-bond donors (Lipinski definition) is 1. The highest BCUT2D eigenvalue weighted by atomic mass is 79.9. The smallest absolute Gasteiger partial charge is 0.0458 e. The second-order valence-electron chi connectivity index (χ2n) is 3.01. The van der Waals surface area contributed by atoms with Crippen LogP contribution in [0.25, 0.3) is 16.5 Å². The van der Waals surface area contributed by atoms with Crippen LogP contribution < -0.4 is 0 Å². The van der Waals surface area contributed by atoms with E-state index in [4.69, 9.17) is 0 Å². The van der Waals surface area contributed by atoms with Crippen molar-refractivity contribution in [2.24, 2.45) is 0 Å². The second-order valence-corrected chi connectivity index (χ2v) is 3.57. The number of nitrogens with one attached hydrogen (secondary N) is 1. The molecule has 13 heavy (non-hydrogen) atoms. The first-order valence-corrected chi connectivity index (χ1v) is 5.25. The van der Waals surface area contributed by atoms with Crippen molar-refractivity contribution >= 4 is 32.4 Å². The number of H-pyrrole nitrogens is 1. The van der Waals surface area contributed by atoms with Crippen molar-refractivity contribution < 1.29 is 0 Å². The Balaban J connectivity index is 2.56. The van der Waals surface area contributed by atoms with Crippen LogP contribution in [0.5, 0.6) is 0 Å². The molecule has 1 nitrogen and oxygen atoms in total. The Hall–Kier alpha value is -1.02. The SMILES string of the molecule is C=C(CBr)c1cc2ccccc2[nH]1. The second kappa shape index (κ2) is 3.38. The lowest BCUT2D eigenvalue weighted by molar-refractivity contribution is 1.40. The van der Waals surface area contributed by atoms with E-state index in [1.54, 1.807) is 0 Å². The summed E-state index contributed by atoms with van der Waals surface area (Å²) in [4.78, 5) is 3.32. The molecule has 0 saturated heterocycles. The van der Waals surface area contributed by atoms with Gasteiger partial charge in [-0.05, 0) is 23.1 Å². The molecule has 0 aliphatic heterocycles. The summed E-state index contributed by atoms with van der Waals surface area (Å²) in [5, 5.41) is 2.04. The molecule has 0 fully saturated rings. The van der Waals surface area contributed by atoms with E-state index in [0.717, 1.165) is 16.6 Å². The largest absolute Gasteiger partial charge is 0.355 e. The van der Waals surface area contributed by atoms with Gasteiger partial charge in [-0.3, -0.25) is 0 Å². The minimum absolute atomic E-state index is 0.805. The lowest BCUT2D eigenvalue weighted by atomic mass is 10.2. The number of aromatic amines is 1. The molecule has 1 N–H and O–H groups in total. The van der Waals surface area contributed by atoms with E-state index < -0.39 is 0 Å². The fraction of sp³-hybridized carbons (Fsp3) is 0.0909. The van der Waals surface area contributed by atoms with Crippen LogP contribution in [0.4, 0.5) is 0 Å². The van der Waals surface area contributed by atoms with E-state index in [0.29, 0.717) is 0 Å². The van der Waals surface area contributed by atoms with E-state index in [9.17, 15) is 0 Å². The third-order valence-electron chi connectivity index (χ3n) is 2.07. The molecule has 2 rings (SSSR count). The number of alkyl halides is 1. The van der Waals surface area contributed by atoms with Crippen LogP contribution in [0.2, 0.25) is 0 Å². The van der Waals surface area contributed by atoms with Crippen molar-refractivity contribution in [2.45, 2.75) is 0 Å². The average molecular weight is 236 g/mol. The Kier molecular flexibility index (Phi) is 2.23. The summed E-state index contributed by atoms with van der Waals surface area (Å²) in [7, 11) is 0. The zero-order chi connectivity index (χ0) is 9.26. The third kappa shape index (κ3) is 1.54. The lowest BCUT2D eigenvalue weighted by Gasteiger charge is -1.94. The summed E-state index contributed by atoms with van der Waals surface area (Å²) in [5.41, 5.74) is 3.36. The normalized spacial score (nSPS) is 10.5. The third-order valence-corrected chi connectivity index (χ3v) is 2.75. The van der Waals surface area contributed by atoms with Gasteiger partial charge in [0.05, 0.1) is 0 Å². The molecule has 0 saturated carbocycles. The Morgan fingerprint density at radius 3 is 2.85 bits per heavy atom. The zero-order valence-electron chi connectivity index (χ0n) is 7.18. The van der Waals surface area contributed by atoms with Gasteiger partial charge in [-0.1, -0.05) is 40.7 Å². The minimum Gasteiger partial charge on any atom is -0.355 e. The van der Waals surface area contributed by atoms with Crippen LogP contribution >= 0.6 is 15.9 Å². The van der Waals surface area contributed by atoms with Crippen molar-refractivity contribution in [3.63, 3.8) is 0 Å². The predicted octanol–water partition coefficient (Wildman–Crippen LogP) is 3.58. The van der Waals surface area contributed by atoms with Crippen molar-refractivity contribution in [1.29, 1.82) is 0 Å². The van der Waals surface area contributed by atoms with Crippen LogP contribution in [0.3, 0.4) is 0 Å². The van der Waals surface area contributed by atoms with Gasteiger partial charge in [0, 0.05) is 16.5 Å². The molecule has 66 valence electrons. The molecular weight excluding hydrogens is 226 g/mol. The van der Waals surface area contributed by atoms with Gasteiger partial charge < -0.3 is 4.98 Å². The molecule has 0 amide bonds. The van der Waals surface area contributed by atoms with Crippen LogP contribution in [0, 0.1) is 0 Å². The summed E-state index contributed by atoms with van der Waals surface area (Å²) < 4.78 is 0. The molecular formula is C11H10BrN. The van der Waals surface area contributed by atoms with Crippen LogP contribution in [0.15, 0.2) is 36.9 Å². The van der Waals surface area contributed by atoms with E-state index in [1.165, 1.54) is 10.9 Å². The summed E-state index contributed by atoms with van der Waals surface area (Å²) in [6, 6.07) is 10.4. The van der Waals surface area contributed by atoms with Crippen molar-refractivity contribution in [1.82, 2.24) is 4.98 Å². The van der Waals surface area contributed by atoms with Gasteiger partial charge in [0.25, 0.3) is 0 Å². The lowest BCUT2D eigenvalue weighted by Crippen LogP contribution is -1.81. The molecule has 0 radical (unpaired) electrons. The molecule has 2 heteroatoms. The van der Waals surface area contributed by atoms with E-state index in [2.05, 4.69) is 45.7 Å². The standard InChI is InChI=1S/C11H10BrN/c1-8(7-12)11-6-9-4-2-3-5-10(9)13-11/h2-6,13H,1,7H2. The molecule has 0 aliphatic rings. The molecule has 0 bridgehead atoms. The molecule has 0 spiro atoms. The molecule has 1 aromatic carbocycles. The molecule has 2 aromatic rings. The number of hydrogen-bond acceptors (Lipinski definition) is 0. The van der Waals surface area contributed by atoms with Crippen LogP contribution in [-0.4, -0.2) is 10.3 Å².